The Kier molecular flexibility index (Phi) is 2.32. The van der Waals surface area contributed by atoms with E-state index in [0.29, 0.717) is 0 Å². The molecule has 0 radical (unpaired) electrons. The van der Waals surface area contributed by atoms with Crippen molar-refractivity contribution in [2.75, 3.05) is 6.61 Å². The molecule has 1 aliphatic heterocycles. The molecule has 0 aromatic heterocycles. The summed E-state index contributed by atoms with van der Waals surface area (Å²) in [6, 6.07) is 6.44. The minimum atomic E-state index is 0.0257. The van der Waals surface area contributed by atoms with Gasteiger partial charge in [-0.2, -0.15) is 0 Å². The molecule has 1 aliphatic carbocycles. The maximum atomic E-state index is 5.53. The number of hydrogen-bond donors (Lipinski definition) is 0. The maximum absolute atomic E-state index is 5.53. The van der Waals surface area contributed by atoms with E-state index in [0.717, 1.165) is 31.8 Å². The summed E-state index contributed by atoms with van der Waals surface area (Å²) in [6.07, 6.45) is 3.20. The Hall–Kier alpha value is -0.830. The molecule has 0 saturated carbocycles. The lowest BCUT2D eigenvalue weighted by atomic mass is 9.79. The summed E-state index contributed by atoms with van der Waals surface area (Å²) in [6.45, 7) is 2.70. The van der Waals surface area contributed by atoms with Crippen LogP contribution in [0.5, 0.6) is 0 Å². The average molecular weight is 280 g/mol. The Bertz CT molecular complexity index is 469. The van der Waals surface area contributed by atoms with Gasteiger partial charge < -0.3 is 4.74 Å². The normalized spacial score (nSPS) is 27.5. The second-order valence-electron chi connectivity index (χ2n) is 4.70. The van der Waals surface area contributed by atoms with Crippen LogP contribution >= 0.6 is 15.9 Å². The molecule has 3 rings (SSSR count). The molecular formula is C13H14BrNO. The molecule has 84 valence electrons. The zero-order valence-corrected chi connectivity index (χ0v) is 10.9. The van der Waals surface area contributed by atoms with Gasteiger partial charge >= 0.3 is 0 Å². The fourth-order valence-corrected chi connectivity index (χ4v) is 3.31. The first kappa shape index (κ1) is 10.3. The molecular weight excluding hydrogens is 266 g/mol. The summed E-state index contributed by atoms with van der Waals surface area (Å²) in [7, 11) is 0. The highest BCUT2D eigenvalue weighted by atomic mass is 79.9. The molecule has 0 bridgehead atoms. The third-order valence-corrected chi connectivity index (χ3v) is 4.26. The van der Waals surface area contributed by atoms with Gasteiger partial charge in [0.1, 0.15) is 12.1 Å². The van der Waals surface area contributed by atoms with E-state index in [1.165, 1.54) is 15.6 Å². The number of benzene rings is 1. The number of nitrogens with zero attached hydrogens (tertiary/aromatic N) is 1. The van der Waals surface area contributed by atoms with Crippen LogP contribution in [0.2, 0.25) is 0 Å². The molecule has 0 amide bonds. The number of aliphatic imine (C=N–C) groups is 1. The molecule has 0 fully saturated rings. The molecule has 16 heavy (non-hydrogen) atoms. The summed E-state index contributed by atoms with van der Waals surface area (Å²) in [5.74, 6) is 0.846. The van der Waals surface area contributed by atoms with Crippen LogP contribution in [0.4, 0.5) is 0 Å². The first-order valence-electron chi connectivity index (χ1n) is 5.64. The van der Waals surface area contributed by atoms with Crippen LogP contribution in [-0.2, 0) is 17.6 Å². The van der Waals surface area contributed by atoms with Gasteiger partial charge in [-0.25, -0.2) is 4.99 Å². The van der Waals surface area contributed by atoms with Gasteiger partial charge in [0.25, 0.3) is 0 Å². The molecule has 2 nitrogen and oxygen atoms in total. The second kappa shape index (κ2) is 3.59. The van der Waals surface area contributed by atoms with Crippen molar-refractivity contribution in [1.82, 2.24) is 0 Å². The maximum Gasteiger partial charge on any atom is 0.180 e. The fraction of sp³-hybridized carbons (Fsp3) is 0.462. The van der Waals surface area contributed by atoms with E-state index >= 15 is 0 Å². The molecule has 2 aliphatic rings. The molecule has 1 aromatic carbocycles. The molecule has 3 heteroatoms. The SMILES string of the molecule is CC1=NC2(CCc3c(Br)cccc3C2)CO1. The molecule has 1 heterocycles. The van der Waals surface area contributed by atoms with E-state index < -0.39 is 0 Å². The van der Waals surface area contributed by atoms with Gasteiger partial charge in [-0.05, 0) is 30.0 Å². The van der Waals surface area contributed by atoms with Crippen molar-refractivity contribution in [3.05, 3.63) is 33.8 Å². The Morgan fingerprint density at radius 2 is 2.31 bits per heavy atom. The first-order valence-corrected chi connectivity index (χ1v) is 6.43. The minimum absolute atomic E-state index is 0.0257. The van der Waals surface area contributed by atoms with E-state index in [1.807, 2.05) is 6.92 Å². The van der Waals surface area contributed by atoms with E-state index in [4.69, 9.17) is 4.74 Å². The minimum Gasteiger partial charge on any atom is -0.479 e. The predicted molar refractivity (Wildman–Crippen MR) is 68.0 cm³/mol. The molecule has 1 spiro atoms. The van der Waals surface area contributed by atoms with Crippen molar-refractivity contribution in [1.29, 1.82) is 0 Å². The lowest BCUT2D eigenvalue weighted by Gasteiger charge is -2.30. The monoisotopic (exact) mass is 279 g/mol. The summed E-state index contributed by atoms with van der Waals surface area (Å²) in [5.41, 5.74) is 2.90. The van der Waals surface area contributed by atoms with E-state index in [2.05, 4.69) is 39.1 Å². The Morgan fingerprint density at radius 3 is 3.06 bits per heavy atom. The lowest BCUT2D eigenvalue weighted by Crippen LogP contribution is -2.35. The Balaban J connectivity index is 1.98. The Morgan fingerprint density at radius 1 is 1.44 bits per heavy atom. The van der Waals surface area contributed by atoms with Crippen LogP contribution in [0, 0.1) is 0 Å². The van der Waals surface area contributed by atoms with Gasteiger partial charge in [0, 0.05) is 17.8 Å². The number of halogens is 1. The standard InChI is InChI=1S/C13H14BrNO/c1-9-15-13(8-16-9)6-5-11-10(7-13)3-2-4-12(11)14/h2-4H,5-8H2,1H3. The van der Waals surface area contributed by atoms with Crippen molar-refractivity contribution in [2.24, 2.45) is 4.99 Å². The van der Waals surface area contributed by atoms with Crippen molar-refractivity contribution >= 4 is 21.8 Å². The smallest absolute Gasteiger partial charge is 0.180 e. The number of fused-ring (bicyclic) bond motifs is 1. The summed E-state index contributed by atoms with van der Waals surface area (Å²) >= 11 is 3.62. The quantitative estimate of drug-likeness (QED) is 0.715. The summed E-state index contributed by atoms with van der Waals surface area (Å²) < 4.78 is 6.77. The highest BCUT2D eigenvalue weighted by Crippen LogP contribution is 2.37. The highest BCUT2D eigenvalue weighted by Gasteiger charge is 2.39. The van der Waals surface area contributed by atoms with E-state index in [-0.39, 0.29) is 5.54 Å². The highest BCUT2D eigenvalue weighted by molar-refractivity contribution is 9.10. The van der Waals surface area contributed by atoms with Crippen LogP contribution in [0.1, 0.15) is 24.5 Å². The van der Waals surface area contributed by atoms with Crippen LogP contribution < -0.4 is 0 Å². The first-order chi connectivity index (χ1) is 7.69. The van der Waals surface area contributed by atoms with Crippen molar-refractivity contribution in [2.45, 2.75) is 31.7 Å². The molecule has 1 atom stereocenters. The molecule has 0 saturated heterocycles. The summed E-state index contributed by atoms with van der Waals surface area (Å²) in [4.78, 5) is 4.69. The van der Waals surface area contributed by atoms with Crippen LogP contribution in [-0.4, -0.2) is 18.0 Å². The van der Waals surface area contributed by atoms with Crippen molar-refractivity contribution in [3.63, 3.8) is 0 Å². The van der Waals surface area contributed by atoms with Gasteiger partial charge in [0.05, 0.1) is 0 Å². The van der Waals surface area contributed by atoms with Gasteiger partial charge in [0.15, 0.2) is 5.90 Å². The van der Waals surface area contributed by atoms with E-state index in [1.54, 1.807) is 0 Å². The lowest BCUT2D eigenvalue weighted by molar-refractivity contribution is 0.235. The van der Waals surface area contributed by atoms with Gasteiger partial charge in [0.2, 0.25) is 0 Å². The number of rotatable bonds is 0. The van der Waals surface area contributed by atoms with Crippen LogP contribution in [0.25, 0.3) is 0 Å². The van der Waals surface area contributed by atoms with Crippen molar-refractivity contribution < 1.29 is 4.74 Å². The number of ether oxygens (including phenoxy) is 1. The topological polar surface area (TPSA) is 21.6 Å². The third-order valence-electron chi connectivity index (χ3n) is 3.52. The number of hydrogen-bond acceptors (Lipinski definition) is 2. The van der Waals surface area contributed by atoms with Crippen LogP contribution in [0.3, 0.4) is 0 Å². The molecule has 1 aromatic rings. The largest absolute Gasteiger partial charge is 0.479 e. The zero-order valence-electron chi connectivity index (χ0n) is 9.29. The fourth-order valence-electron chi connectivity index (χ4n) is 2.71. The van der Waals surface area contributed by atoms with Gasteiger partial charge in [-0.1, -0.05) is 28.1 Å². The Labute approximate surface area is 104 Å². The summed E-state index contributed by atoms with van der Waals surface area (Å²) in [5, 5.41) is 0. The molecule has 0 N–H and O–H groups in total. The predicted octanol–water partition coefficient (Wildman–Crippen LogP) is 3.13. The molecule has 1 unspecified atom stereocenters. The van der Waals surface area contributed by atoms with Gasteiger partial charge in [-0.3, -0.25) is 0 Å². The average Bonchev–Trinajstić information content (AvgIpc) is 2.60. The van der Waals surface area contributed by atoms with Crippen LogP contribution in [0.15, 0.2) is 27.7 Å². The second-order valence-corrected chi connectivity index (χ2v) is 5.55. The van der Waals surface area contributed by atoms with Gasteiger partial charge in [-0.15, -0.1) is 0 Å². The third kappa shape index (κ3) is 1.58. The van der Waals surface area contributed by atoms with E-state index in [9.17, 15) is 0 Å². The van der Waals surface area contributed by atoms with Crippen molar-refractivity contribution in [3.8, 4) is 0 Å². The zero-order chi connectivity index (χ0) is 11.2.